The van der Waals surface area contributed by atoms with Gasteiger partial charge in [-0.2, -0.15) is 5.26 Å². The summed E-state index contributed by atoms with van der Waals surface area (Å²) < 4.78 is 0. The molecule has 100 valence electrons. The van der Waals surface area contributed by atoms with Crippen LogP contribution in [0.1, 0.15) is 34.6 Å². The first kappa shape index (κ1) is 14.0. The molecule has 0 saturated carbocycles. The first-order valence-corrected chi connectivity index (χ1v) is 6.26. The maximum Gasteiger partial charge on any atom is 0.271 e. The molecule has 5 nitrogen and oxygen atoms in total. The third-order valence-electron chi connectivity index (χ3n) is 2.74. The van der Waals surface area contributed by atoms with Crippen molar-refractivity contribution in [2.45, 2.75) is 13.0 Å². The lowest BCUT2D eigenvalue weighted by Crippen LogP contribution is -2.27. The molecule has 0 saturated heterocycles. The summed E-state index contributed by atoms with van der Waals surface area (Å²) in [7, 11) is 0. The Morgan fingerprint density at radius 3 is 2.55 bits per heavy atom. The van der Waals surface area contributed by atoms with Crippen LogP contribution in [0.2, 0.25) is 5.15 Å². The lowest BCUT2D eigenvalue weighted by molar-refractivity contribution is 0.0934. The Kier molecular flexibility index (Phi) is 4.28. The molecule has 0 spiro atoms. The molecule has 0 fully saturated rings. The van der Waals surface area contributed by atoms with Crippen LogP contribution in [0.3, 0.4) is 0 Å². The van der Waals surface area contributed by atoms with Crippen LogP contribution in [0.25, 0.3) is 0 Å². The van der Waals surface area contributed by atoms with Crippen LogP contribution in [0.4, 0.5) is 0 Å². The number of nitrogens with zero attached hydrogens (tertiary/aromatic N) is 3. The summed E-state index contributed by atoms with van der Waals surface area (Å²) in [6.45, 7) is 1.85. The second-order valence-electron chi connectivity index (χ2n) is 4.15. The van der Waals surface area contributed by atoms with Gasteiger partial charge in [-0.1, -0.05) is 23.7 Å². The molecule has 0 aliphatic carbocycles. The fourth-order valence-electron chi connectivity index (χ4n) is 1.63. The van der Waals surface area contributed by atoms with Crippen LogP contribution in [0.5, 0.6) is 0 Å². The minimum Gasteiger partial charge on any atom is -0.344 e. The second-order valence-corrected chi connectivity index (χ2v) is 4.54. The average molecular weight is 287 g/mol. The average Bonchev–Trinajstić information content (AvgIpc) is 2.48. The van der Waals surface area contributed by atoms with E-state index in [0.717, 1.165) is 5.56 Å². The number of hydrogen-bond donors (Lipinski definition) is 1. The van der Waals surface area contributed by atoms with Crippen LogP contribution < -0.4 is 5.32 Å². The molecule has 0 radical (unpaired) electrons. The Balaban J connectivity index is 2.06. The van der Waals surface area contributed by atoms with Gasteiger partial charge in [-0.3, -0.25) is 4.79 Å². The van der Waals surface area contributed by atoms with E-state index in [9.17, 15) is 4.79 Å². The molecule has 6 heteroatoms. The van der Waals surface area contributed by atoms with Gasteiger partial charge in [0.05, 0.1) is 30.1 Å². The van der Waals surface area contributed by atoms with E-state index in [1.807, 2.05) is 13.0 Å². The fourth-order valence-corrected chi connectivity index (χ4v) is 1.73. The van der Waals surface area contributed by atoms with Crippen molar-refractivity contribution in [2.24, 2.45) is 0 Å². The molecule has 1 N–H and O–H groups in total. The van der Waals surface area contributed by atoms with E-state index in [-0.39, 0.29) is 22.8 Å². The predicted molar refractivity (Wildman–Crippen MR) is 74.1 cm³/mol. The lowest BCUT2D eigenvalue weighted by Gasteiger charge is -2.13. The predicted octanol–water partition coefficient (Wildman–Crippen LogP) is 2.49. The Morgan fingerprint density at radius 1 is 1.30 bits per heavy atom. The van der Waals surface area contributed by atoms with Gasteiger partial charge in [0, 0.05) is 0 Å². The number of carbonyl (C=O) groups excluding carboxylic acids is 1. The summed E-state index contributed by atoms with van der Waals surface area (Å²) in [5.41, 5.74) is 1.69. The van der Waals surface area contributed by atoms with Crippen molar-refractivity contribution in [2.75, 3.05) is 0 Å². The zero-order chi connectivity index (χ0) is 14.5. The normalized spacial score (nSPS) is 11.4. The quantitative estimate of drug-likeness (QED) is 0.940. The highest BCUT2D eigenvalue weighted by Gasteiger charge is 2.12. The van der Waals surface area contributed by atoms with E-state index < -0.39 is 0 Å². The Morgan fingerprint density at radius 2 is 2.00 bits per heavy atom. The number of hydrogen-bond acceptors (Lipinski definition) is 4. The van der Waals surface area contributed by atoms with E-state index in [0.29, 0.717) is 5.56 Å². The number of benzene rings is 1. The van der Waals surface area contributed by atoms with E-state index in [1.165, 1.54) is 12.4 Å². The summed E-state index contributed by atoms with van der Waals surface area (Å²) in [5.74, 6) is -0.328. The Bertz CT molecular complexity index is 646. The van der Waals surface area contributed by atoms with E-state index in [1.54, 1.807) is 24.3 Å². The van der Waals surface area contributed by atoms with Crippen molar-refractivity contribution in [1.82, 2.24) is 15.3 Å². The van der Waals surface area contributed by atoms with Crippen molar-refractivity contribution in [3.8, 4) is 6.07 Å². The first-order valence-electron chi connectivity index (χ1n) is 5.88. The van der Waals surface area contributed by atoms with E-state index >= 15 is 0 Å². The molecule has 20 heavy (non-hydrogen) atoms. The Hall–Kier alpha value is -2.45. The zero-order valence-corrected chi connectivity index (χ0v) is 11.4. The SMILES string of the molecule is CC(NC(=O)c1cnc(Cl)cn1)c1ccc(C#N)cc1. The smallest absolute Gasteiger partial charge is 0.271 e. The van der Waals surface area contributed by atoms with Gasteiger partial charge in [0.1, 0.15) is 10.8 Å². The largest absolute Gasteiger partial charge is 0.344 e. The molecule has 2 rings (SSSR count). The molecule has 1 heterocycles. The molecule has 0 aliphatic heterocycles. The highest BCUT2D eigenvalue weighted by atomic mass is 35.5. The van der Waals surface area contributed by atoms with Gasteiger partial charge in [0.15, 0.2) is 0 Å². The maximum absolute atomic E-state index is 12.0. The number of halogens is 1. The van der Waals surface area contributed by atoms with E-state index in [4.69, 9.17) is 16.9 Å². The highest BCUT2D eigenvalue weighted by molar-refractivity contribution is 6.29. The van der Waals surface area contributed by atoms with Gasteiger partial charge in [0.25, 0.3) is 5.91 Å². The monoisotopic (exact) mass is 286 g/mol. The maximum atomic E-state index is 12.0. The number of nitrogens with one attached hydrogen (secondary N) is 1. The van der Waals surface area contributed by atoms with Crippen LogP contribution in [-0.2, 0) is 0 Å². The first-order chi connectivity index (χ1) is 9.60. The molecule has 1 atom stereocenters. The topological polar surface area (TPSA) is 78.7 Å². The number of carbonyl (C=O) groups is 1. The van der Waals surface area contributed by atoms with Crippen molar-refractivity contribution >= 4 is 17.5 Å². The van der Waals surface area contributed by atoms with Gasteiger partial charge < -0.3 is 5.32 Å². The third kappa shape index (κ3) is 3.31. The molecule has 1 amide bonds. The van der Waals surface area contributed by atoms with Crippen LogP contribution in [0.15, 0.2) is 36.7 Å². The van der Waals surface area contributed by atoms with E-state index in [2.05, 4.69) is 15.3 Å². The highest BCUT2D eigenvalue weighted by Crippen LogP contribution is 2.13. The van der Waals surface area contributed by atoms with Gasteiger partial charge in [-0.15, -0.1) is 0 Å². The van der Waals surface area contributed by atoms with Crippen molar-refractivity contribution < 1.29 is 4.79 Å². The molecular formula is C14H11ClN4O. The summed E-state index contributed by atoms with van der Waals surface area (Å²) in [4.78, 5) is 19.7. The molecule has 2 aromatic rings. The van der Waals surface area contributed by atoms with Crippen LogP contribution >= 0.6 is 11.6 Å². The minimum atomic E-state index is -0.328. The van der Waals surface area contributed by atoms with Gasteiger partial charge >= 0.3 is 0 Å². The summed E-state index contributed by atoms with van der Waals surface area (Å²) >= 11 is 5.61. The third-order valence-corrected chi connectivity index (χ3v) is 2.94. The van der Waals surface area contributed by atoms with Crippen molar-refractivity contribution in [1.29, 1.82) is 5.26 Å². The standard InChI is InChI=1S/C14H11ClN4O/c1-9(11-4-2-10(6-16)3-5-11)19-14(20)12-7-18-13(15)8-17-12/h2-5,7-9H,1H3,(H,19,20). The molecule has 1 unspecified atom stereocenters. The molecule has 0 bridgehead atoms. The molecule has 0 aliphatic rings. The Labute approximate surface area is 121 Å². The second kappa shape index (κ2) is 6.13. The van der Waals surface area contributed by atoms with Crippen molar-refractivity contribution in [3.05, 3.63) is 58.6 Å². The number of nitriles is 1. The summed E-state index contributed by atoms with van der Waals surface area (Å²) in [6.07, 6.45) is 2.64. The van der Waals surface area contributed by atoms with Crippen LogP contribution in [-0.4, -0.2) is 15.9 Å². The number of aromatic nitrogens is 2. The lowest BCUT2D eigenvalue weighted by atomic mass is 10.1. The van der Waals surface area contributed by atoms with Crippen LogP contribution in [0, 0.1) is 11.3 Å². The summed E-state index contributed by atoms with van der Waals surface area (Å²) in [6, 6.07) is 8.87. The van der Waals surface area contributed by atoms with Gasteiger partial charge in [-0.25, -0.2) is 9.97 Å². The zero-order valence-electron chi connectivity index (χ0n) is 10.7. The molecule has 1 aromatic carbocycles. The number of amides is 1. The minimum absolute atomic E-state index is 0.201. The van der Waals surface area contributed by atoms with Gasteiger partial charge in [0.2, 0.25) is 0 Å². The summed E-state index contributed by atoms with van der Waals surface area (Å²) in [5, 5.41) is 11.8. The van der Waals surface area contributed by atoms with Gasteiger partial charge in [-0.05, 0) is 24.6 Å². The van der Waals surface area contributed by atoms with Crippen molar-refractivity contribution in [3.63, 3.8) is 0 Å². The number of rotatable bonds is 3. The molecule has 1 aromatic heterocycles. The fraction of sp³-hybridized carbons (Fsp3) is 0.143. The molecular weight excluding hydrogens is 276 g/mol.